The van der Waals surface area contributed by atoms with Crippen LogP contribution >= 0.6 is 0 Å². The summed E-state index contributed by atoms with van der Waals surface area (Å²) in [4.78, 5) is 2.54. The highest BCUT2D eigenvalue weighted by molar-refractivity contribution is 5.37. The molecule has 0 spiro atoms. The molecule has 34 heavy (non-hydrogen) atoms. The number of nitriles is 1. The highest BCUT2D eigenvalue weighted by Gasteiger charge is 2.44. The zero-order valence-corrected chi connectivity index (χ0v) is 20.5. The lowest BCUT2D eigenvalue weighted by molar-refractivity contribution is -0.137. The molecule has 5 heteroatoms. The van der Waals surface area contributed by atoms with Crippen LogP contribution in [0.15, 0.2) is 54.6 Å². The van der Waals surface area contributed by atoms with Crippen LogP contribution in [0.4, 0.5) is 13.2 Å². The molecule has 0 radical (unpaired) electrons. The number of rotatable bonds is 12. The number of hydrogen-bond donors (Lipinski definition) is 0. The molecular weight excluding hydrogens is 433 g/mol. The zero-order chi connectivity index (χ0) is 24.6. The average molecular weight is 471 g/mol. The van der Waals surface area contributed by atoms with Gasteiger partial charge in [0.15, 0.2) is 0 Å². The molecule has 184 valence electrons. The first kappa shape index (κ1) is 26.3. The molecular formula is C29H37F3N2. The van der Waals surface area contributed by atoms with Gasteiger partial charge in [0.1, 0.15) is 0 Å². The molecule has 0 aromatic heterocycles. The van der Waals surface area contributed by atoms with Gasteiger partial charge in [-0.3, -0.25) is 0 Å². The third-order valence-corrected chi connectivity index (χ3v) is 7.63. The Morgan fingerprint density at radius 2 is 1.62 bits per heavy atom. The first-order chi connectivity index (χ1) is 16.3. The quantitative estimate of drug-likeness (QED) is 0.317. The van der Waals surface area contributed by atoms with E-state index in [1.165, 1.54) is 5.56 Å². The standard InChI is InChI=1S/C29H37F3N2/c1-3-20-34(21-18-23-9-6-5-7-10-23)27(4-2)17-19-28(22-33,24-11-8-12-24)25-13-15-26(16-14-25)29(30,31)32/h5-7,9-10,13-16,24,27H,3-4,8,11-12,17-21H2,1-2H3. The van der Waals surface area contributed by atoms with Gasteiger partial charge in [-0.2, -0.15) is 18.4 Å². The number of halogens is 3. The Labute approximate surface area is 202 Å². The lowest BCUT2D eigenvalue weighted by Crippen LogP contribution is -2.42. The number of benzene rings is 2. The minimum absolute atomic E-state index is 0.218. The topological polar surface area (TPSA) is 27.0 Å². The molecule has 0 heterocycles. The summed E-state index contributed by atoms with van der Waals surface area (Å²) in [7, 11) is 0. The molecule has 3 rings (SSSR count). The summed E-state index contributed by atoms with van der Waals surface area (Å²) < 4.78 is 39.4. The molecule has 2 aromatic rings. The van der Waals surface area contributed by atoms with E-state index in [1.807, 2.05) is 6.07 Å². The molecule has 2 unspecified atom stereocenters. The molecule has 0 amide bonds. The fraction of sp³-hybridized carbons (Fsp3) is 0.552. The van der Waals surface area contributed by atoms with Crippen molar-refractivity contribution >= 4 is 0 Å². The summed E-state index contributed by atoms with van der Waals surface area (Å²) in [5.41, 5.74) is 0.698. The molecule has 1 fully saturated rings. The summed E-state index contributed by atoms with van der Waals surface area (Å²) in [5.74, 6) is 0.218. The van der Waals surface area contributed by atoms with Crippen LogP contribution in [-0.2, 0) is 18.0 Å². The van der Waals surface area contributed by atoms with Crippen LogP contribution in [0.25, 0.3) is 0 Å². The lowest BCUT2D eigenvalue weighted by atomic mass is 9.60. The van der Waals surface area contributed by atoms with Gasteiger partial charge in [-0.15, -0.1) is 0 Å². The Balaban J connectivity index is 1.77. The predicted molar refractivity (Wildman–Crippen MR) is 131 cm³/mol. The summed E-state index contributed by atoms with van der Waals surface area (Å²) >= 11 is 0. The second-order valence-electron chi connectivity index (χ2n) is 9.66. The molecule has 1 aliphatic rings. The van der Waals surface area contributed by atoms with Crippen molar-refractivity contribution in [3.63, 3.8) is 0 Å². The van der Waals surface area contributed by atoms with Crippen LogP contribution in [0.3, 0.4) is 0 Å². The minimum Gasteiger partial charge on any atom is -0.300 e. The van der Waals surface area contributed by atoms with Gasteiger partial charge in [0.2, 0.25) is 0 Å². The highest BCUT2D eigenvalue weighted by Crippen LogP contribution is 2.47. The van der Waals surface area contributed by atoms with Gasteiger partial charge >= 0.3 is 6.18 Å². The Bertz CT molecular complexity index is 913. The highest BCUT2D eigenvalue weighted by atomic mass is 19.4. The maximum absolute atomic E-state index is 13.1. The Kier molecular flexibility index (Phi) is 9.19. The first-order valence-corrected chi connectivity index (χ1v) is 12.7. The molecule has 0 saturated heterocycles. The SMILES string of the molecule is CCCN(CCc1ccccc1)C(CC)CCC(C#N)(c1ccc(C(F)(F)F)cc1)C1CCC1. The monoisotopic (exact) mass is 470 g/mol. The molecule has 0 N–H and O–H groups in total. The lowest BCUT2D eigenvalue weighted by Gasteiger charge is -2.42. The van der Waals surface area contributed by atoms with E-state index in [4.69, 9.17) is 0 Å². The predicted octanol–water partition coefficient (Wildman–Crippen LogP) is 7.78. The van der Waals surface area contributed by atoms with E-state index in [0.717, 1.165) is 75.7 Å². The van der Waals surface area contributed by atoms with E-state index in [0.29, 0.717) is 12.5 Å². The van der Waals surface area contributed by atoms with Gasteiger partial charge in [-0.25, -0.2) is 0 Å². The van der Waals surface area contributed by atoms with Crippen LogP contribution in [0.1, 0.15) is 75.5 Å². The number of alkyl halides is 3. The van der Waals surface area contributed by atoms with E-state index in [-0.39, 0.29) is 5.92 Å². The van der Waals surface area contributed by atoms with Crippen LogP contribution in [-0.4, -0.2) is 24.0 Å². The van der Waals surface area contributed by atoms with E-state index < -0.39 is 17.2 Å². The Morgan fingerprint density at radius 1 is 0.971 bits per heavy atom. The van der Waals surface area contributed by atoms with Crippen molar-refractivity contribution in [2.75, 3.05) is 13.1 Å². The summed E-state index contributed by atoms with van der Waals surface area (Å²) in [5, 5.41) is 10.4. The van der Waals surface area contributed by atoms with Crippen LogP contribution in [0, 0.1) is 17.2 Å². The van der Waals surface area contributed by atoms with E-state index in [9.17, 15) is 18.4 Å². The molecule has 1 aliphatic carbocycles. The Hall–Kier alpha value is -2.32. The molecule has 0 bridgehead atoms. The van der Waals surface area contributed by atoms with Crippen molar-refractivity contribution in [3.05, 3.63) is 71.3 Å². The van der Waals surface area contributed by atoms with Gasteiger partial charge in [-0.05, 0) is 80.7 Å². The summed E-state index contributed by atoms with van der Waals surface area (Å²) in [6, 6.07) is 18.8. The number of hydrogen-bond acceptors (Lipinski definition) is 2. The summed E-state index contributed by atoms with van der Waals surface area (Å²) in [6.45, 7) is 6.37. The fourth-order valence-electron chi connectivity index (χ4n) is 5.37. The largest absolute Gasteiger partial charge is 0.416 e. The van der Waals surface area contributed by atoms with Gasteiger partial charge in [-0.1, -0.05) is 62.7 Å². The van der Waals surface area contributed by atoms with Crippen molar-refractivity contribution in [3.8, 4) is 6.07 Å². The molecule has 2 nitrogen and oxygen atoms in total. The van der Waals surface area contributed by atoms with Crippen LogP contribution < -0.4 is 0 Å². The minimum atomic E-state index is -4.36. The Morgan fingerprint density at radius 3 is 2.12 bits per heavy atom. The van der Waals surface area contributed by atoms with Crippen molar-refractivity contribution in [2.45, 2.75) is 82.8 Å². The maximum atomic E-state index is 13.1. The van der Waals surface area contributed by atoms with Crippen molar-refractivity contribution in [1.29, 1.82) is 5.26 Å². The third kappa shape index (κ3) is 6.21. The van der Waals surface area contributed by atoms with Crippen LogP contribution in [0.2, 0.25) is 0 Å². The zero-order valence-electron chi connectivity index (χ0n) is 20.5. The first-order valence-electron chi connectivity index (χ1n) is 12.7. The summed E-state index contributed by atoms with van der Waals surface area (Å²) in [6.07, 6.45) is 3.27. The second kappa shape index (κ2) is 11.9. The van der Waals surface area contributed by atoms with E-state index in [1.54, 1.807) is 12.1 Å². The van der Waals surface area contributed by atoms with E-state index in [2.05, 4.69) is 49.1 Å². The second-order valence-corrected chi connectivity index (χ2v) is 9.66. The van der Waals surface area contributed by atoms with Gasteiger partial charge in [0.25, 0.3) is 0 Å². The smallest absolute Gasteiger partial charge is 0.300 e. The molecule has 0 aliphatic heterocycles. The van der Waals surface area contributed by atoms with Gasteiger partial charge in [0.05, 0.1) is 17.0 Å². The number of nitrogens with zero attached hydrogens (tertiary/aromatic N) is 2. The fourth-order valence-corrected chi connectivity index (χ4v) is 5.37. The van der Waals surface area contributed by atoms with Crippen molar-refractivity contribution < 1.29 is 13.2 Å². The molecule has 2 aromatic carbocycles. The van der Waals surface area contributed by atoms with Crippen LogP contribution in [0.5, 0.6) is 0 Å². The normalized spacial score (nSPS) is 17.1. The van der Waals surface area contributed by atoms with Crippen molar-refractivity contribution in [1.82, 2.24) is 4.90 Å². The maximum Gasteiger partial charge on any atom is 0.416 e. The molecule has 1 saturated carbocycles. The van der Waals surface area contributed by atoms with Gasteiger partial charge < -0.3 is 4.90 Å². The average Bonchev–Trinajstić information content (AvgIpc) is 2.81. The molecule has 2 atom stereocenters. The third-order valence-electron chi connectivity index (χ3n) is 7.63. The van der Waals surface area contributed by atoms with Gasteiger partial charge in [0, 0.05) is 12.6 Å². The van der Waals surface area contributed by atoms with E-state index >= 15 is 0 Å². The van der Waals surface area contributed by atoms with Crippen molar-refractivity contribution in [2.24, 2.45) is 5.92 Å².